The standard InChI is InChI=1S/C18H22F3N3O2S/c1-12-7-14(8-13(2)16(12)26-11-18(19,20)21)9-23(3)10-15(25)24(4)17-22-5-6-27-17/h5-8H,9-11H2,1-4H3. The molecule has 0 N–H and O–H groups in total. The van der Waals surface area contributed by atoms with E-state index in [-0.39, 0.29) is 18.2 Å². The topological polar surface area (TPSA) is 45.7 Å². The van der Waals surface area contributed by atoms with Crippen molar-refractivity contribution in [2.24, 2.45) is 0 Å². The molecule has 1 aromatic heterocycles. The summed E-state index contributed by atoms with van der Waals surface area (Å²) < 4.78 is 42.0. The predicted molar refractivity (Wildman–Crippen MR) is 99.3 cm³/mol. The minimum absolute atomic E-state index is 0.0916. The maximum Gasteiger partial charge on any atom is 0.422 e. The average molecular weight is 401 g/mol. The van der Waals surface area contributed by atoms with E-state index in [4.69, 9.17) is 4.74 Å². The van der Waals surface area contributed by atoms with Crippen molar-refractivity contribution >= 4 is 22.4 Å². The molecule has 0 spiro atoms. The molecule has 0 fully saturated rings. The van der Waals surface area contributed by atoms with E-state index in [0.29, 0.717) is 22.8 Å². The highest BCUT2D eigenvalue weighted by Gasteiger charge is 2.29. The summed E-state index contributed by atoms with van der Waals surface area (Å²) >= 11 is 1.38. The molecule has 2 rings (SSSR count). The largest absolute Gasteiger partial charge is 0.484 e. The molecule has 0 atom stereocenters. The number of alkyl halides is 3. The predicted octanol–water partition coefficient (Wildman–Crippen LogP) is 3.80. The van der Waals surface area contributed by atoms with Gasteiger partial charge in [-0.25, -0.2) is 4.98 Å². The van der Waals surface area contributed by atoms with Gasteiger partial charge < -0.3 is 4.74 Å². The number of aryl methyl sites for hydroxylation is 2. The molecule has 9 heteroatoms. The first-order chi connectivity index (χ1) is 12.6. The van der Waals surface area contributed by atoms with Gasteiger partial charge in [-0.15, -0.1) is 11.3 Å². The average Bonchev–Trinajstić information content (AvgIpc) is 3.06. The van der Waals surface area contributed by atoms with Crippen LogP contribution in [0.1, 0.15) is 16.7 Å². The molecule has 0 aliphatic rings. The van der Waals surface area contributed by atoms with Gasteiger partial charge in [-0.2, -0.15) is 13.2 Å². The fourth-order valence-electron chi connectivity index (χ4n) is 2.71. The molecule has 0 saturated carbocycles. The van der Waals surface area contributed by atoms with Crippen molar-refractivity contribution in [1.82, 2.24) is 9.88 Å². The first kappa shape index (κ1) is 21.2. The fourth-order valence-corrected chi connectivity index (χ4v) is 3.33. The molecule has 1 amide bonds. The molecule has 1 aromatic carbocycles. The van der Waals surface area contributed by atoms with E-state index >= 15 is 0 Å². The summed E-state index contributed by atoms with van der Waals surface area (Å²) in [5.41, 5.74) is 2.17. The van der Waals surface area contributed by atoms with Gasteiger partial charge in [0.1, 0.15) is 5.75 Å². The highest BCUT2D eigenvalue weighted by Crippen LogP contribution is 2.27. The lowest BCUT2D eigenvalue weighted by atomic mass is 10.1. The molecule has 0 aliphatic heterocycles. The minimum atomic E-state index is -4.37. The molecule has 1 heterocycles. The first-order valence-corrected chi connectivity index (χ1v) is 9.09. The van der Waals surface area contributed by atoms with Crippen molar-refractivity contribution in [2.45, 2.75) is 26.6 Å². The number of benzene rings is 1. The molecule has 0 saturated heterocycles. The Kier molecular flexibility index (Phi) is 6.83. The van der Waals surface area contributed by atoms with Crippen molar-refractivity contribution < 1.29 is 22.7 Å². The van der Waals surface area contributed by atoms with E-state index in [2.05, 4.69) is 4.98 Å². The summed E-state index contributed by atoms with van der Waals surface area (Å²) in [6, 6.07) is 3.56. The van der Waals surface area contributed by atoms with Crippen molar-refractivity contribution in [3.05, 3.63) is 40.4 Å². The lowest BCUT2D eigenvalue weighted by Crippen LogP contribution is -2.36. The van der Waals surface area contributed by atoms with Gasteiger partial charge in [0.2, 0.25) is 5.91 Å². The van der Waals surface area contributed by atoms with Crippen molar-refractivity contribution in [2.75, 3.05) is 32.1 Å². The van der Waals surface area contributed by atoms with Crippen LogP contribution >= 0.6 is 11.3 Å². The van der Waals surface area contributed by atoms with Crippen LogP contribution < -0.4 is 9.64 Å². The Bertz CT molecular complexity index is 756. The van der Waals surface area contributed by atoms with Crippen LogP contribution in [0.4, 0.5) is 18.3 Å². The third-order valence-electron chi connectivity index (χ3n) is 3.84. The third-order valence-corrected chi connectivity index (χ3v) is 4.69. The Labute approximate surface area is 160 Å². The second-order valence-electron chi connectivity index (χ2n) is 6.40. The fraction of sp³-hybridized carbons (Fsp3) is 0.444. The van der Waals surface area contributed by atoms with E-state index in [9.17, 15) is 18.0 Å². The minimum Gasteiger partial charge on any atom is -0.484 e. The first-order valence-electron chi connectivity index (χ1n) is 8.21. The molecule has 0 bridgehead atoms. The maximum atomic E-state index is 12.4. The molecule has 0 aliphatic carbocycles. The number of carbonyl (C=O) groups is 1. The van der Waals surface area contributed by atoms with Gasteiger partial charge in [-0.3, -0.25) is 14.6 Å². The SMILES string of the molecule is Cc1cc(CN(C)CC(=O)N(C)c2nccs2)cc(C)c1OCC(F)(F)F. The highest BCUT2D eigenvalue weighted by atomic mass is 32.1. The number of hydrogen-bond donors (Lipinski definition) is 0. The van der Waals surface area contributed by atoms with Crippen molar-refractivity contribution in [1.29, 1.82) is 0 Å². The zero-order valence-electron chi connectivity index (χ0n) is 15.6. The van der Waals surface area contributed by atoms with E-state index in [0.717, 1.165) is 5.56 Å². The van der Waals surface area contributed by atoms with E-state index in [1.165, 1.54) is 16.2 Å². The van der Waals surface area contributed by atoms with E-state index in [1.54, 1.807) is 44.6 Å². The molecule has 148 valence electrons. The number of carbonyl (C=O) groups excluding carboxylic acids is 1. The molecular formula is C18H22F3N3O2S. The van der Waals surface area contributed by atoms with E-state index < -0.39 is 12.8 Å². The van der Waals surface area contributed by atoms with Crippen LogP contribution in [0.25, 0.3) is 0 Å². The summed E-state index contributed by atoms with van der Waals surface area (Å²) in [6.45, 7) is 2.79. The Balaban J connectivity index is 1.99. The number of nitrogens with zero attached hydrogens (tertiary/aromatic N) is 3. The van der Waals surface area contributed by atoms with Crippen LogP contribution in [0.15, 0.2) is 23.7 Å². The summed E-state index contributed by atoms with van der Waals surface area (Å²) in [5, 5.41) is 2.43. The van der Waals surface area contributed by atoms with Crippen molar-refractivity contribution in [3.63, 3.8) is 0 Å². The van der Waals surface area contributed by atoms with Gasteiger partial charge in [0.25, 0.3) is 0 Å². The van der Waals surface area contributed by atoms with Gasteiger partial charge in [0.15, 0.2) is 11.7 Å². The molecule has 27 heavy (non-hydrogen) atoms. The number of ether oxygens (including phenoxy) is 1. The maximum absolute atomic E-state index is 12.4. The molecule has 0 radical (unpaired) electrons. The van der Waals surface area contributed by atoms with Crippen LogP contribution in [-0.2, 0) is 11.3 Å². The van der Waals surface area contributed by atoms with Gasteiger partial charge in [0.05, 0.1) is 6.54 Å². The molecule has 5 nitrogen and oxygen atoms in total. The van der Waals surface area contributed by atoms with Crippen molar-refractivity contribution in [3.8, 4) is 5.75 Å². The van der Waals surface area contributed by atoms with E-state index in [1.807, 2.05) is 11.9 Å². The number of amides is 1. The van der Waals surface area contributed by atoms with Crippen LogP contribution in [-0.4, -0.2) is 49.2 Å². The number of anilines is 1. The Morgan fingerprint density at radius 2 is 1.85 bits per heavy atom. The number of hydrogen-bond acceptors (Lipinski definition) is 5. The summed E-state index contributed by atoms with van der Waals surface area (Å²) in [6.07, 6.45) is -2.73. The second-order valence-corrected chi connectivity index (χ2v) is 7.28. The number of aromatic nitrogens is 1. The Hall–Kier alpha value is -2.13. The van der Waals surface area contributed by atoms with Crippen LogP contribution in [0.5, 0.6) is 5.75 Å². The lowest BCUT2D eigenvalue weighted by Gasteiger charge is -2.21. The van der Waals surface area contributed by atoms with Crippen LogP contribution in [0, 0.1) is 13.8 Å². The zero-order valence-corrected chi connectivity index (χ0v) is 16.4. The van der Waals surface area contributed by atoms with Gasteiger partial charge >= 0.3 is 6.18 Å². The van der Waals surface area contributed by atoms with Gasteiger partial charge in [-0.05, 0) is 37.6 Å². The van der Waals surface area contributed by atoms with Crippen LogP contribution in [0.3, 0.4) is 0 Å². The quantitative estimate of drug-likeness (QED) is 0.708. The number of halogens is 3. The summed E-state index contributed by atoms with van der Waals surface area (Å²) in [5.74, 6) is 0.157. The normalized spacial score (nSPS) is 11.7. The van der Waals surface area contributed by atoms with Gasteiger partial charge in [0, 0.05) is 25.2 Å². The summed E-state index contributed by atoms with van der Waals surface area (Å²) in [4.78, 5) is 19.8. The molecular weight excluding hydrogens is 379 g/mol. The lowest BCUT2D eigenvalue weighted by molar-refractivity contribution is -0.153. The molecule has 2 aromatic rings. The van der Waals surface area contributed by atoms with Gasteiger partial charge in [-0.1, -0.05) is 12.1 Å². The number of rotatable bonds is 7. The highest BCUT2D eigenvalue weighted by molar-refractivity contribution is 7.13. The van der Waals surface area contributed by atoms with Crippen LogP contribution in [0.2, 0.25) is 0 Å². The Morgan fingerprint density at radius 1 is 1.22 bits per heavy atom. The second kappa shape index (κ2) is 8.71. The molecule has 0 unspecified atom stereocenters. The third kappa shape index (κ3) is 6.21. The smallest absolute Gasteiger partial charge is 0.422 e. The Morgan fingerprint density at radius 3 is 2.37 bits per heavy atom. The monoisotopic (exact) mass is 401 g/mol. The number of thiazole rings is 1. The summed E-state index contributed by atoms with van der Waals surface area (Å²) in [7, 11) is 3.49. The zero-order chi connectivity index (χ0) is 20.2. The number of likely N-dealkylation sites (N-methyl/N-ethyl adjacent to an activating group) is 2.